The van der Waals surface area contributed by atoms with Crippen LogP contribution in [-0.2, 0) is 0 Å². The van der Waals surface area contributed by atoms with Gasteiger partial charge in [0.05, 0.1) is 18.6 Å². The molecule has 2 heterocycles. The molecule has 18 heavy (non-hydrogen) atoms. The van der Waals surface area contributed by atoms with Gasteiger partial charge in [0.15, 0.2) is 0 Å². The number of rotatable bonds is 1. The Kier molecular flexibility index (Phi) is 1.94. The second-order valence-electron chi connectivity index (χ2n) is 5.57. The van der Waals surface area contributed by atoms with Crippen LogP contribution in [0.1, 0.15) is 42.0 Å². The van der Waals surface area contributed by atoms with E-state index < -0.39 is 0 Å². The predicted molar refractivity (Wildman–Crippen MR) is 71.9 cm³/mol. The first kappa shape index (κ1) is 10.2. The molecule has 1 aliphatic carbocycles. The minimum atomic E-state index is 0.514. The number of anilines is 1. The molecular formula is C16H17NO. The fourth-order valence-corrected chi connectivity index (χ4v) is 3.82. The lowest BCUT2D eigenvalue weighted by atomic mass is 9.95. The zero-order valence-corrected chi connectivity index (χ0v) is 10.8. The largest absolute Gasteiger partial charge is 0.472 e. The fourth-order valence-electron chi connectivity index (χ4n) is 3.82. The van der Waals surface area contributed by atoms with Crippen molar-refractivity contribution in [3.05, 3.63) is 53.5 Å². The summed E-state index contributed by atoms with van der Waals surface area (Å²) in [5, 5.41) is 0. The Hall–Kier alpha value is -1.70. The number of fused-ring (bicyclic) bond motifs is 5. The minimum absolute atomic E-state index is 0.514. The highest BCUT2D eigenvalue weighted by Gasteiger charge is 2.48. The number of benzene rings is 1. The third kappa shape index (κ3) is 1.13. The smallest absolute Gasteiger partial charge is 0.0958 e. The number of nitrogens with zero attached hydrogens (tertiary/aromatic N) is 1. The van der Waals surface area contributed by atoms with Crippen LogP contribution in [0.3, 0.4) is 0 Å². The first-order chi connectivity index (χ1) is 8.77. The second kappa shape index (κ2) is 3.41. The molecule has 0 radical (unpaired) electrons. The molecule has 3 atom stereocenters. The van der Waals surface area contributed by atoms with E-state index in [0.717, 1.165) is 0 Å². The quantitative estimate of drug-likeness (QED) is 0.747. The van der Waals surface area contributed by atoms with Crippen LogP contribution >= 0.6 is 0 Å². The summed E-state index contributed by atoms with van der Waals surface area (Å²) in [5.41, 5.74) is 5.59. The SMILES string of the molecule is Cc1ccccc1N1C2CC(c3cocc32)[C@@H]1C. The number of aryl methyl sites for hydroxylation is 1. The van der Waals surface area contributed by atoms with Crippen LogP contribution in [0.15, 0.2) is 41.2 Å². The van der Waals surface area contributed by atoms with Gasteiger partial charge in [-0.15, -0.1) is 0 Å². The molecule has 1 saturated heterocycles. The van der Waals surface area contributed by atoms with Gasteiger partial charge in [-0.2, -0.15) is 0 Å². The Bertz CT molecular complexity index is 601. The van der Waals surface area contributed by atoms with Gasteiger partial charge < -0.3 is 9.32 Å². The van der Waals surface area contributed by atoms with Crippen LogP contribution in [0.5, 0.6) is 0 Å². The van der Waals surface area contributed by atoms with Crippen molar-refractivity contribution in [1.29, 1.82) is 0 Å². The van der Waals surface area contributed by atoms with E-state index in [1.165, 1.54) is 28.8 Å². The van der Waals surface area contributed by atoms with Crippen molar-refractivity contribution in [2.75, 3.05) is 4.90 Å². The lowest BCUT2D eigenvalue weighted by Crippen LogP contribution is -2.35. The highest BCUT2D eigenvalue weighted by atomic mass is 16.3. The van der Waals surface area contributed by atoms with Gasteiger partial charge in [-0.25, -0.2) is 0 Å². The summed E-state index contributed by atoms with van der Waals surface area (Å²) in [7, 11) is 0. The van der Waals surface area contributed by atoms with Gasteiger partial charge in [-0.1, -0.05) is 18.2 Å². The van der Waals surface area contributed by atoms with Crippen LogP contribution < -0.4 is 4.90 Å². The summed E-state index contributed by atoms with van der Waals surface area (Å²) in [5.74, 6) is 0.642. The minimum Gasteiger partial charge on any atom is -0.472 e. The lowest BCUT2D eigenvalue weighted by molar-refractivity contribution is 0.548. The third-order valence-electron chi connectivity index (χ3n) is 4.71. The molecule has 4 rings (SSSR count). The Labute approximate surface area is 107 Å². The molecule has 1 aromatic carbocycles. The Morgan fingerprint density at radius 2 is 1.94 bits per heavy atom. The number of para-hydroxylation sites is 1. The van der Waals surface area contributed by atoms with E-state index in [1.54, 1.807) is 0 Å². The zero-order chi connectivity index (χ0) is 12.3. The van der Waals surface area contributed by atoms with Crippen LogP contribution in [0.2, 0.25) is 0 Å². The van der Waals surface area contributed by atoms with Gasteiger partial charge in [0.2, 0.25) is 0 Å². The Morgan fingerprint density at radius 1 is 1.17 bits per heavy atom. The van der Waals surface area contributed by atoms with Gasteiger partial charge in [0.1, 0.15) is 0 Å². The van der Waals surface area contributed by atoms with Crippen LogP contribution in [0, 0.1) is 6.92 Å². The molecule has 0 saturated carbocycles. The van der Waals surface area contributed by atoms with Crippen molar-refractivity contribution in [3.8, 4) is 0 Å². The Morgan fingerprint density at radius 3 is 2.78 bits per heavy atom. The molecule has 0 spiro atoms. The van der Waals surface area contributed by atoms with E-state index in [2.05, 4.69) is 43.0 Å². The van der Waals surface area contributed by atoms with E-state index in [9.17, 15) is 0 Å². The molecule has 1 aromatic heterocycles. The fraction of sp³-hybridized carbons (Fsp3) is 0.375. The first-order valence-corrected chi connectivity index (χ1v) is 6.67. The molecule has 2 aliphatic rings. The lowest BCUT2D eigenvalue weighted by Gasteiger charge is -2.35. The number of furan rings is 1. The molecule has 92 valence electrons. The van der Waals surface area contributed by atoms with Gasteiger partial charge in [-0.05, 0) is 31.9 Å². The summed E-state index contributed by atoms with van der Waals surface area (Å²) in [4.78, 5) is 2.58. The van der Waals surface area contributed by atoms with Crippen molar-refractivity contribution < 1.29 is 4.42 Å². The Balaban J connectivity index is 1.84. The topological polar surface area (TPSA) is 16.4 Å². The third-order valence-corrected chi connectivity index (χ3v) is 4.71. The van der Waals surface area contributed by atoms with Gasteiger partial charge in [0, 0.05) is 28.8 Å². The average Bonchev–Trinajstić information content (AvgIpc) is 3.00. The van der Waals surface area contributed by atoms with Crippen LogP contribution in [0.25, 0.3) is 0 Å². The van der Waals surface area contributed by atoms with E-state index in [-0.39, 0.29) is 0 Å². The average molecular weight is 239 g/mol. The molecular weight excluding hydrogens is 222 g/mol. The summed E-state index contributed by atoms with van der Waals surface area (Å²) in [6, 6.07) is 9.77. The molecule has 2 nitrogen and oxygen atoms in total. The van der Waals surface area contributed by atoms with Gasteiger partial charge in [0.25, 0.3) is 0 Å². The number of hydrogen-bond donors (Lipinski definition) is 0. The molecule has 2 heteroatoms. The molecule has 2 bridgehead atoms. The van der Waals surface area contributed by atoms with E-state index in [1.807, 2.05) is 12.5 Å². The monoisotopic (exact) mass is 239 g/mol. The summed E-state index contributed by atoms with van der Waals surface area (Å²) < 4.78 is 5.40. The van der Waals surface area contributed by atoms with Gasteiger partial charge >= 0.3 is 0 Å². The molecule has 2 aromatic rings. The second-order valence-corrected chi connectivity index (χ2v) is 5.57. The van der Waals surface area contributed by atoms with E-state index >= 15 is 0 Å². The standard InChI is InChI=1S/C16H17NO/c1-10-5-3-4-6-15(10)17-11(2)12-7-16(17)14-9-18-8-13(12)14/h3-6,8-9,11-12,16H,7H2,1-2H3/t11-,12?,16?/m0/s1. The van der Waals surface area contributed by atoms with Crippen molar-refractivity contribution in [3.63, 3.8) is 0 Å². The maximum Gasteiger partial charge on any atom is 0.0958 e. The predicted octanol–water partition coefficient (Wildman–Crippen LogP) is 4.03. The van der Waals surface area contributed by atoms with Gasteiger partial charge in [-0.3, -0.25) is 0 Å². The zero-order valence-electron chi connectivity index (χ0n) is 10.8. The highest BCUT2D eigenvalue weighted by Crippen LogP contribution is 2.55. The van der Waals surface area contributed by atoms with Crippen molar-refractivity contribution in [1.82, 2.24) is 0 Å². The number of hydrogen-bond acceptors (Lipinski definition) is 2. The van der Waals surface area contributed by atoms with E-state index in [4.69, 9.17) is 4.42 Å². The molecule has 1 aliphatic heterocycles. The molecule has 1 fully saturated rings. The van der Waals surface area contributed by atoms with E-state index in [0.29, 0.717) is 18.0 Å². The normalized spacial score (nSPS) is 28.8. The molecule has 0 amide bonds. The van der Waals surface area contributed by atoms with Crippen molar-refractivity contribution >= 4 is 5.69 Å². The summed E-state index contributed by atoms with van der Waals surface area (Å²) in [6.07, 6.45) is 5.14. The summed E-state index contributed by atoms with van der Waals surface area (Å²) in [6.45, 7) is 4.54. The first-order valence-electron chi connectivity index (χ1n) is 6.67. The van der Waals surface area contributed by atoms with Crippen LogP contribution in [0.4, 0.5) is 5.69 Å². The summed E-state index contributed by atoms with van der Waals surface area (Å²) >= 11 is 0. The molecule has 0 N–H and O–H groups in total. The van der Waals surface area contributed by atoms with Crippen molar-refractivity contribution in [2.24, 2.45) is 0 Å². The van der Waals surface area contributed by atoms with Crippen LogP contribution in [-0.4, -0.2) is 6.04 Å². The van der Waals surface area contributed by atoms with Crippen molar-refractivity contribution in [2.45, 2.75) is 38.3 Å². The maximum atomic E-state index is 5.40. The molecule has 2 unspecified atom stereocenters. The maximum absolute atomic E-state index is 5.40. The highest BCUT2D eigenvalue weighted by molar-refractivity contribution is 5.61.